The molecule has 0 unspecified atom stereocenters. The van der Waals surface area contributed by atoms with Crippen molar-refractivity contribution in [2.24, 2.45) is 0 Å². The van der Waals surface area contributed by atoms with Crippen molar-refractivity contribution < 1.29 is 17.9 Å². The minimum Gasteiger partial charge on any atom is -0.462 e. The minimum absolute atomic E-state index is 0.201. The molecule has 1 aliphatic rings. The first kappa shape index (κ1) is 15.6. The summed E-state index contributed by atoms with van der Waals surface area (Å²) in [6, 6.07) is 13.3. The maximum absolute atomic E-state index is 13.0. The third kappa shape index (κ3) is 2.94. The average Bonchev–Trinajstić information content (AvgIpc) is 2.53. The number of esters is 1. The number of carbonyl (C=O) groups is 1. The zero-order valence-electron chi connectivity index (χ0n) is 12.7. The van der Waals surface area contributed by atoms with Gasteiger partial charge in [-0.2, -0.15) is 0 Å². The van der Waals surface area contributed by atoms with Gasteiger partial charge < -0.3 is 4.74 Å². The molecular formula is C17H17NO4S. The highest BCUT2D eigenvalue weighted by atomic mass is 32.2. The zero-order valence-corrected chi connectivity index (χ0v) is 13.5. The van der Waals surface area contributed by atoms with Crippen LogP contribution in [0.1, 0.15) is 22.3 Å². The maximum atomic E-state index is 13.0. The molecule has 2 aromatic carbocycles. The van der Waals surface area contributed by atoms with Gasteiger partial charge in [0.1, 0.15) is 0 Å². The highest BCUT2D eigenvalue weighted by Gasteiger charge is 2.29. The van der Waals surface area contributed by atoms with Crippen LogP contribution in [0.2, 0.25) is 0 Å². The van der Waals surface area contributed by atoms with Crippen LogP contribution in [0.15, 0.2) is 53.4 Å². The Morgan fingerprint density at radius 1 is 1.04 bits per heavy atom. The topological polar surface area (TPSA) is 63.7 Å². The highest BCUT2D eigenvalue weighted by molar-refractivity contribution is 7.92. The van der Waals surface area contributed by atoms with Crippen molar-refractivity contribution in [1.29, 1.82) is 0 Å². The smallest absolute Gasteiger partial charge is 0.340 e. The number of hydrogen-bond acceptors (Lipinski definition) is 4. The molecule has 0 N–H and O–H groups in total. The van der Waals surface area contributed by atoms with Crippen molar-refractivity contribution in [3.63, 3.8) is 0 Å². The molecule has 1 heterocycles. The van der Waals surface area contributed by atoms with Crippen molar-refractivity contribution in [2.45, 2.75) is 18.2 Å². The number of fused-ring (bicyclic) bond motifs is 1. The second kappa shape index (κ2) is 6.04. The van der Waals surface area contributed by atoms with E-state index in [4.69, 9.17) is 4.74 Å². The number of anilines is 1. The van der Waals surface area contributed by atoms with E-state index in [0.717, 1.165) is 5.56 Å². The van der Waals surface area contributed by atoms with Crippen LogP contribution in [-0.2, 0) is 14.8 Å². The molecule has 0 atom stereocenters. The summed E-state index contributed by atoms with van der Waals surface area (Å²) in [7, 11) is -3.73. The van der Waals surface area contributed by atoms with Gasteiger partial charge in [0.25, 0.3) is 10.0 Å². The molecular weight excluding hydrogens is 314 g/mol. The quantitative estimate of drug-likeness (QED) is 0.794. The molecule has 0 bridgehead atoms. The first-order valence-electron chi connectivity index (χ1n) is 7.36. The fraction of sp³-hybridized carbons (Fsp3) is 0.235. The molecule has 0 amide bonds. The lowest BCUT2D eigenvalue weighted by atomic mass is 10.1. The largest absolute Gasteiger partial charge is 0.462 e. The van der Waals surface area contributed by atoms with Crippen LogP contribution in [0.25, 0.3) is 0 Å². The van der Waals surface area contributed by atoms with Crippen molar-refractivity contribution in [3.8, 4) is 0 Å². The second-order valence-corrected chi connectivity index (χ2v) is 7.26. The van der Waals surface area contributed by atoms with Gasteiger partial charge in [-0.3, -0.25) is 4.31 Å². The summed E-state index contributed by atoms with van der Waals surface area (Å²) >= 11 is 0. The normalized spacial score (nSPS) is 15.3. The molecule has 6 heteroatoms. The van der Waals surface area contributed by atoms with Crippen molar-refractivity contribution in [3.05, 3.63) is 59.7 Å². The van der Waals surface area contributed by atoms with E-state index in [-0.39, 0.29) is 23.6 Å². The van der Waals surface area contributed by atoms with Gasteiger partial charge in [0.15, 0.2) is 0 Å². The summed E-state index contributed by atoms with van der Waals surface area (Å²) in [6.45, 7) is 2.37. The Morgan fingerprint density at radius 3 is 2.48 bits per heavy atom. The lowest BCUT2D eigenvalue weighted by molar-refractivity contribution is 0.0499. The van der Waals surface area contributed by atoms with E-state index in [1.807, 2.05) is 6.92 Å². The number of nitrogens with zero attached hydrogens (tertiary/aromatic N) is 1. The van der Waals surface area contributed by atoms with Crippen LogP contribution in [0, 0.1) is 6.92 Å². The second-order valence-electron chi connectivity index (χ2n) is 5.40. The van der Waals surface area contributed by atoms with E-state index >= 15 is 0 Å². The number of cyclic esters (lactones) is 1. The van der Waals surface area contributed by atoms with Crippen LogP contribution in [0.5, 0.6) is 0 Å². The Labute approximate surface area is 135 Å². The monoisotopic (exact) mass is 331 g/mol. The van der Waals surface area contributed by atoms with Gasteiger partial charge in [0, 0.05) is 13.0 Å². The summed E-state index contributed by atoms with van der Waals surface area (Å²) in [5.41, 5.74) is 1.61. The standard InChI is InChI=1S/C17H17NO4S/c1-13-7-9-14(10-8-13)23(20,21)18-11-4-12-22-17(19)15-5-2-3-6-16(15)18/h2-3,5-10H,4,11-12H2,1H3. The van der Waals surface area contributed by atoms with E-state index in [0.29, 0.717) is 12.1 Å². The van der Waals surface area contributed by atoms with E-state index in [1.54, 1.807) is 48.5 Å². The van der Waals surface area contributed by atoms with Crippen molar-refractivity contribution >= 4 is 21.7 Å². The number of para-hydroxylation sites is 1. The molecule has 0 spiro atoms. The number of rotatable bonds is 2. The van der Waals surface area contributed by atoms with Crippen LogP contribution < -0.4 is 4.31 Å². The van der Waals surface area contributed by atoms with E-state index in [2.05, 4.69) is 0 Å². The summed E-state index contributed by atoms with van der Waals surface area (Å²) in [6.07, 6.45) is 0.450. The van der Waals surface area contributed by atoms with Crippen LogP contribution in [-0.4, -0.2) is 27.5 Å². The number of hydrogen-bond donors (Lipinski definition) is 0. The van der Waals surface area contributed by atoms with Gasteiger partial charge in [-0.1, -0.05) is 29.8 Å². The minimum atomic E-state index is -3.73. The molecule has 0 aliphatic carbocycles. The van der Waals surface area contributed by atoms with E-state index in [1.165, 1.54) is 4.31 Å². The number of aryl methyl sites for hydroxylation is 1. The Bertz CT molecular complexity index is 828. The van der Waals surface area contributed by atoms with Gasteiger partial charge in [-0.25, -0.2) is 13.2 Å². The van der Waals surface area contributed by atoms with Crippen LogP contribution >= 0.6 is 0 Å². The molecule has 0 saturated carbocycles. The van der Waals surface area contributed by atoms with Gasteiger partial charge in [-0.05, 0) is 31.2 Å². The number of sulfonamides is 1. The molecule has 3 rings (SSSR count). The summed E-state index contributed by atoms with van der Waals surface area (Å²) in [5.74, 6) is -0.496. The Hall–Kier alpha value is -2.34. The molecule has 5 nitrogen and oxygen atoms in total. The first-order valence-corrected chi connectivity index (χ1v) is 8.80. The molecule has 23 heavy (non-hydrogen) atoms. The fourth-order valence-electron chi connectivity index (χ4n) is 2.52. The molecule has 0 radical (unpaired) electrons. The van der Waals surface area contributed by atoms with Crippen LogP contribution in [0.4, 0.5) is 5.69 Å². The van der Waals surface area contributed by atoms with Gasteiger partial charge in [-0.15, -0.1) is 0 Å². The zero-order chi connectivity index (χ0) is 16.4. The lowest BCUT2D eigenvalue weighted by Gasteiger charge is -2.28. The number of benzene rings is 2. The highest BCUT2D eigenvalue weighted by Crippen LogP contribution is 2.29. The van der Waals surface area contributed by atoms with Crippen molar-refractivity contribution in [2.75, 3.05) is 17.5 Å². The predicted octanol–water partition coefficient (Wildman–Crippen LogP) is 2.75. The summed E-state index contributed by atoms with van der Waals surface area (Å²) < 4.78 is 32.4. The summed E-state index contributed by atoms with van der Waals surface area (Å²) in [5, 5.41) is 0. The third-order valence-corrected chi connectivity index (χ3v) is 5.57. The van der Waals surface area contributed by atoms with Gasteiger partial charge in [0.2, 0.25) is 0 Å². The first-order chi connectivity index (χ1) is 11.0. The van der Waals surface area contributed by atoms with E-state index < -0.39 is 16.0 Å². The fourth-order valence-corrected chi connectivity index (χ4v) is 4.04. The lowest BCUT2D eigenvalue weighted by Crippen LogP contribution is -2.35. The predicted molar refractivity (Wildman–Crippen MR) is 87.1 cm³/mol. The molecule has 0 aromatic heterocycles. The van der Waals surface area contributed by atoms with E-state index in [9.17, 15) is 13.2 Å². The number of ether oxygens (including phenoxy) is 1. The SMILES string of the molecule is Cc1ccc(S(=O)(=O)N2CCCOC(=O)c3ccccc32)cc1. The Morgan fingerprint density at radius 2 is 1.74 bits per heavy atom. The molecule has 120 valence electrons. The summed E-state index contributed by atoms with van der Waals surface area (Å²) in [4.78, 5) is 12.3. The van der Waals surface area contributed by atoms with Crippen molar-refractivity contribution in [1.82, 2.24) is 0 Å². The molecule has 0 fully saturated rings. The third-order valence-electron chi connectivity index (χ3n) is 3.74. The average molecular weight is 331 g/mol. The maximum Gasteiger partial charge on any atom is 0.340 e. The van der Waals surface area contributed by atoms with Gasteiger partial charge in [0.05, 0.1) is 22.8 Å². The molecule has 0 saturated heterocycles. The molecule has 1 aliphatic heterocycles. The van der Waals surface area contributed by atoms with Gasteiger partial charge >= 0.3 is 5.97 Å². The number of carbonyl (C=O) groups excluding carboxylic acids is 1. The molecule has 2 aromatic rings. The Balaban J connectivity index is 2.12. The Kier molecular flexibility index (Phi) is 4.09. The van der Waals surface area contributed by atoms with Crippen LogP contribution in [0.3, 0.4) is 0 Å².